The van der Waals surface area contributed by atoms with Crippen LogP contribution in [0.25, 0.3) is 110 Å². The second-order valence-corrected chi connectivity index (χ2v) is 13.7. The summed E-state index contributed by atoms with van der Waals surface area (Å²) in [6, 6.07) is 60.6. The standard InChI is InChI=1S/C48H28N2O2/c1-5-19-40-33(13-1)34-14-2-6-20-41(34)49(40)31-23-24-39-43(28-31)50(42-26-25-38-36-16-4-8-22-45(36)52-48(38)46(39)42)30-12-9-11-29(27-30)32-17-10-18-37-35-15-3-7-21-44(35)51-47(32)37/h1-28H. The molecule has 0 aliphatic rings. The fraction of sp³-hybridized carbons (Fsp3) is 0. The normalized spacial score (nSPS) is 12.2. The van der Waals surface area contributed by atoms with Gasteiger partial charge in [-0.1, -0.05) is 103 Å². The average Bonchev–Trinajstić information content (AvgIpc) is 3.95. The lowest BCUT2D eigenvalue weighted by Crippen LogP contribution is -1.97. The first-order valence-electron chi connectivity index (χ1n) is 17.7. The second-order valence-electron chi connectivity index (χ2n) is 13.7. The van der Waals surface area contributed by atoms with Crippen LogP contribution in [0.1, 0.15) is 0 Å². The first-order valence-corrected chi connectivity index (χ1v) is 17.7. The number of benzene rings is 8. The van der Waals surface area contributed by atoms with Crippen molar-refractivity contribution in [3.05, 3.63) is 170 Å². The number of nitrogens with zero attached hydrogens (tertiary/aromatic N) is 2. The van der Waals surface area contributed by atoms with E-state index in [9.17, 15) is 0 Å². The Hall–Kier alpha value is -7.04. The summed E-state index contributed by atoms with van der Waals surface area (Å²) in [6.07, 6.45) is 0. The third-order valence-electron chi connectivity index (χ3n) is 10.9. The molecule has 0 fully saturated rings. The molecule has 4 heterocycles. The zero-order valence-corrected chi connectivity index (χ0v) is 27.9. The Morgan fingerprint density at radius 3 is 1.63 bits per heavy atom. The lowest BCUT2D eigenvalue weighted by atomic mass is 10.0. The van der Waals surface area contributed by atoms with Crippen LogP contribution in [0.15, 0.2) is 179 Å². The molecule has 4 nitrogen and oxygen atoms in total. The number of rotatable bonds is 3. The highest BCUT2D eigenvalue weighted by molar-refractivity contribution is 6.24. The summed E-state index contributed by atoms with van der Waals surface area (Å²) in [5.41, 5.74) is 12.5. The van der Waals surface area contributed by atoms with E-state index in [1.807, 2.05) is 18.2 Å². The van der Waals surface area contributed by atoms with Gasteiger partial charge in [-0.25, -0.2) is 0 Å². The summed E-state index contributed by atoms with van der Waals surface area (Å²) in [4.78, 5) is 0. The molecule has 0 N–H and O–H groups in total. The Kier molecular flexibility index (Phi) is 5.47. The lowest BCUT2D eigenvalue weighted by molar-refractivity contribution is 0.670. The van der Waals surface area contributed by atoms with Gasteiger partial charge in [-0.2, -0.15) is 0 Å². The summed E-state index contributed by atoms with van der Waals surface area (Å²) in [7, 11) is 0. The number of furan rings is 2. The minimum Gasteiger partial charge on any atom is -0.455 e. The molecule has 0 aliphatic carbocycles. The summed E-state index contributed by atoms with van der Waals surface area (Å²) >= 11 is 0. The smallest absolute Gasteiger partial charge is 0.145 e. The van der Waals surface area contributed by atoms with Crippen LogP contribution >= 0.6 is 0 Å². The summed E-state index contributed by atoms with van der Waals surface area (Å²) in [5.74, 6) is 0. The SMILES string of the molecule is c1cc(-c2cccc3c2oc2ccccc23)cc(-n2c3cc(-n4c5ccccc5c5ccccc54)ccc3c3c4oc5ccccc5c4ccc32)c1. The highest BCUT2D eigenvalue weighted by atomic mass is 16.3. The van der Waals surface area contributed by atoms with Gasteiger partial charge in [0.05, 0.1) is 27.5 Å². The van der Waals surface area contributed by atoms with E-state index in [4.69, 9.17) is 8.83 Å². The lowest BCUT2D eigenvalue weighted by Gasteiger charge is -2.12. The number of hydrogen-bond donors (Lipinski definition) is 0. The minimum atomic E-state index is 0.897. The molecule has 0 unspecified atom stereocenters. The molecule has 4 aromatic heterocycles. The van der Waals surface area contributed by atoms with E-state index >= 15 is 0 Å². The molecule has 242 valence electrons. The fourth-order valence-corrected chi connectivity index (χ4v) is 8.68. The van der Waals surface area contributed by atoms with Crippen LogP contribution in [0, 0.1) is 0 Å². The Balaban J connectivity index is 1.17. The van der Waals surface area contributed by atoms with Crippen molar-refractivity contribution < 1.29 is 8.83 Å². The van der Waals surface area contributed by atoms with Gasteiger partial charge in [0.2, 0.25) is 0 Å². The molecule has 12 rings (SSSR count). The molecule has 0 saturated heterocycles. The monoisotopic (exact) mass is 664 g/mol. The molecule has 0 spiro atoms. The fourth-order valence-electron chi connectivity index (χ4n) is 8.68. The van der Waals surface area contributed by atoms with Crippen molar-refractivity contribution in [2.45, 2.75) is 0 Å². The van der Waals surface area contributed by atoms with E-state index in [1.165, 1.54) is 21.8 Å². The average molecular weight is 665 g/mol. The van der Waals surface area contributed by atoms with Crippen molar-refractivity contribution in [3.8, 4) is 22.5 Å². The number of aromatic nitrogens is 2. The van der Waals surface area contributed by atoms with Crippen LogP contribution in [0.5, 0.6) is 0 Å². The van der Waals surface area contributed by atoms with E-state index in [0.717, 1.165) is 88.2 Å². The molecule has 0 saturated carbocycles. The number of hydrogen-bond acceptors (Lipinski definition) is 2. The zero-order chi connectivity index (χ0) is 33.9. The van der Waals surface area contributed by atoms with Crippen molar-refractivity contribution in [2.75, 3.05) is 0 Å². The van der Waals surface area contributed by atoms with Crippen molar-refractivity contribution in [1.82, 2.24) is 9.13 Å². The number of fused-ring (bicyclic) bond motifs is 13. The van der Waals surface area contributed by atoms with Crippen LogP contribution in [0.3, 0.4) is 0 Å². The van der Waals surface area contributed by atoms with Gasteiger partial charge in [-0.15, -0.1) is 0 Å². The molecule has 52 heavy (non-hydrogen) atoms. The predicted molar refractivity (Wildman–Crippen MR) is 215 cm³/mol. The van der Waals surface area contributed by atoms with E-state index in [0.29, 0.717) is 0 Å². The second kappa shape index (κ2) is 10.3. The van der Waals surface area contributed by atoms with Crippen LogP contribution in [-0.4, -0.2) is 9.13 Å². The topological polar surface area (TPSA) is 36.1 Å². The largest absolute Gasteiger partial charge is 0.455 e. The van der Waals surface area contributed by atoms with Gasteiger partial charge in [-0.05, 0) is 72.3 Å². The predicted octanol–water partition coefficient (Wildman–Crippen LogP) is 13.3. The highest BCUT2D eigenvalue weighted by Gasteiger charge is 2.21. The third kappa shape index (κ3) is 3.70. The Bertz CT molecular complexity index is 3370. The van der Waals surface area contributed by atoms with Crippen molar-refractivity contribution in [2.24, 2.45) is 0 Å². The maximum atomic E-state index is 6.68. The van der Waals surface area contributed by atoms with Gasteiger partial charge in [0, 0.05) is 54.6 Å². The van der Waals surface area contributed by atoms with Gasteiger partial charge in [-0.3, -0.25) is 0 Å². The molecule has 0 atom stereocenters. The molecular formula is C48H28N2O2. The zero-order valence-electron chi connectivity index (χ0n) is 27.9. The van der Waals surface area contributed by atoms with Gasteiger partial charge in [0.15, 0.2) is 0 Å². The Morgan fingerprint density at radius 1 is 0.327 bits per heavy atom. The van der Waals surface area contributed by atoms with Crippen LogP contribution in [-0.2, 0) is 0 Å². The van der Waals surface area contributed by atoms with E-state index in [-0.39, 0.29) is 0 Å². The van der Waals surface area contributed by atoms with Gasteiger partial charge >= 0.3 is 0 Å². The highest BCUT2D eigenvalue weighted by Crippen LogP contribution is 2.43. The molecule has 12 aromatic rings. The van der Waals surface area contributed by atoms with Crippen molar-refractivity contribution in [3.63, 3.8) is 0 Å². The van der Waals surface area contributed by atoms with Gasteiger partial charge < -0.3 is 18.0 Å². The molecule has 0 bridgehead atoms. The van der Waals surface area contributed by atoms with Crippen molar-refractivity contribution >= 4 is 87.5 Å². The Morgan fingerprint density at radius 2 is 0.885 bits per heavy atom. The first kappa shape index (κ1) is 27.7. The summed E-state index contributed by atoms with van der Waals surface area (Å²) < 4.78 is 18.0. The van der Waals surface area contributed by atoms with Crippen LogP contribution < -0.4 is 0 Å². The van der Waals surface area contributed by atoms with E-state index in [1.54, 1.807) is 0 Å². The quantitative estimate of drug-likeness (QED) is 0.188. The van der Waals surface area contributed by atoms with Crippen molar-refractivity contribution in [1.29, 1.82) is 0 Å². The summed E-state index contributed by atoms with van der Waals surface area (Å²) in [5, 5.41) is 9.26. The van der Waals surface area contributed by atoms with Gasteiger partial charge in [0.25, 0.3) is 0 Å². The molecular weight excluding hydrogens is 637 g/mol. The Labute approximate surface area is 296 Å². The molecule has 0 amide bonds. The molecule has 0 radical (unpaired) electrons. The van der Waals surface area contributed by atoms with Gasteiger partial charge in [0.1, 0.15) is 22.3 Å². The third-order valence-corrected chi connectivity index (χ3v) is 10.9. The van der Waals surface area contributed by atoms with E-state index < -0.39 is 0 Å². The maximum absolute atomic E-state index is 6.68. The molecule has 0 aliphatic heterocycles. The van der Waals surface area contributed by atoms with Crippen LogP contribution in [0.4, 0.5) is 0 Å². The summed E-state index contributed by atoms with van der Waals surface area (Å²) in [6.45, 7) is 0. The first-order chi connectivity index (χ1) is 25.8. The minimum absolute atomic E-state index is 0.897. The maximum Gasteiger partial charge on any atom is 0.145 e. The van der Waals surface area contributed by atoms with Crippen LogP contribution in [0.2, 0.25) is 0 Å². The van der Waals surface area contributed by atoms with E-state index in [2.05, 4.69) is 161 Å². The molecule has 4 heteroatoms. The number of para-hydroxylation sites is 5. The molecule has 8 aromatic carbocycles.